The number of nitrogens with zero attached hydrogens (tertiary/aromatic N) is 3. The number of hydrogen-bond donors (Lipinski definition) is 1. The number of aromatic nitrogens is 3. The average molecular weight is 435 g/mol. The third-order valence-corrected chi connectivity index (χ3v) is 5.59. The van der Waals surface area contributed by atoms with Crippen molar-refractivity contribution in [3.8, 4) is 17.1 Å². The predicted octanol–water partition coefficient (Wildman–Crippen LogP) is 4.67. The van der Waals surface area contributed by atoms with Crippen LogP contribution in [0.2, 0.25) is 0 Å². The smallest absolute Gasteiger partial charge is 0.220 e. The van der Waals surface area contributed by atoms with Gasteiger partial charge in [0.1, 0.15) is 0 Å². The molecule has 2 heterocycles. The van der Waals surface area contributed by atoms with E-state index < -0.39 is 5.82 Å². The van der Waals surface area contributed by atoms with Crippen LogP contribution < -0.4 is 10.1 Å². The molecule has 1 aliphatic carbocycles. The summed E-state index contributed by atoms with van der Waals surface area (Å²) in [5.74, 6) is 0.412. The van der Waals surface area contributed by atoms with E-state index >= 15 is 0 Å². The second-order valence-corrected chi connectivity index (χ2v) is 8.88. The van der Waals surface area contributed by atoms with Crippen LogP contribution in [0.4, 0.5) is 4.39 Å². The molecule has 1 atom stereocenters. The van der Waals surface area contributed by atoms with Gasteiger partial charge < -0.3 is 10.1 Å². The molecule has 4 rings (SSSR count). The van der Waals surface area contributed by atoms with Crippen molar-refractivity contribution in [1.82, 2.24) is 20.3 Å². The minimum atomic E-state index is -0.399. The number of amides is 1. The molecule has 6 nitrogen and oxygen atoms in total. The van der Waals surface area contributed by atoms with E-state index in [0.717, 1.165) is 29.7 Å². The molecule has 0 saturated carbocycles. The molecule has 0 saturated heterocycles. The van der Waals surface area contributed by atoms with Crippen LogP contribution in [0, 0.1) is 11.2 Å². The molecule has 2 aromatic heterocycles. The van der Waals surface area contributed by atoms with E-state index in [0.29, 0.717) is 18.7 Å². The molecule has 1 N–H and O–H groups in total. The number of para-hydroxylation sites is 1. The lowest BCUT2D eigenvalue weighted by atomic mass is 9.74. The van der Waals surface area contributed by atoms with Gasteiger partial charge in [0.25, 0.3) is 0 Å². The fraction of sp³-hybridized carbons (Fsp3) is 0.360. The Morgan fingerprint density at radius 3 is 2.78 bits per heavy atom. The van der Waals surface area contributed by atoms with E-state index in [1.165, 1.54) is 6.07 Å². The van der Waals surface area contributed by atoms with Gasteiger partial charge in [-0.15, -0.1) is 0 Å². The van der Waals surface area contributed by atoms with E-state index in [1.54, 1.807) is 30.6 Å². The molecule has 1 aliphatic rings. The van der Waals surface area contributed by atoms with Gasteiger partial charge in [-0.1, -0.05) is 26.0 Å². The Labute approximate surface area is 187 Å². The first-order valence-corrected chi connectivity index (χ1v) is 10.8. The Morgan fingerprint density at radius 2 is 2.00 bits per heavy atom. The molecule has 3 aromatic rings. The maximum Gasteiger partial charge on any atom is 0.220 e. The number of carbonyl (C=O) groups is 1. The summed E-state index contributed by atoms with van der Waals surface area (Å²) in [6.07, 6.45) is 7.72. The van der Waals surface area contributed by atoms with Gasteiger partial charge in [0.15, 0.2) is 17.4 Å². The van der Waals surface area contributed by atoms with Gasteiger partial charge in [0.05, 0.1) is 18.3 Å². The normalized spacial score (nSPS) is 16.8. The lowest BCUT2D eigenvalue weighted by Gasteiger charge is -2.36. The van der Waals surface area contributed by atoms with E-state index in [1.807, 2.05) is 18.3 Å². The number of halogens is 1. The zero-order chi connectivity index (χ0) is 22.6. The first kappa shape index (κ1) is 21.9. The van der Waals surface area contributed by atoms with Gasteiger partial charge >= 0.3 is 0 Å². The van der Waals surface area contributed by atoms with E-state index in [2.05, 4.69) is 29.1 Å². The zero-order valence-electron chi connectivity index (χ0n) is 18.3. The molecular formula is C25H27FN4O2. The molecule has 32 heavy (non-hydrogen) atoms. The summed E-state index contributed by atoms with van der Waals surface area (Å²) >= 11 is 0. The van der Waals surface area contributed by atoms with Gasteiger partial charge in [-0.3, -0.25) is 9.78 Å². The van der Waals surface area contributed by atoms with Crippen LogP contribution >= 0.6 is 0 Å². The average Bonchev–Trinajstić information content (AvgIpc) is 2.77. The monoisotopic (exact) mass is 434 g/mol. The van der Waals surface area contributed by atoms with Crippen molar-refractivity contribution < 1.29 is 13.9 Å². The van der Waals surface area contributed by atoms with Crippen molar-refractivity contribution in [2.24, 2.45) is 5.41 Å². The van der Waals surface area contributed by atoms with E-state index in [4.69, 9.17) is 9.72 Å². The topological polar surface area (TPSA) is 77.0 Å². The fourth-order valence-corrected chi connectivity index (χ4v) is 4.06. The van der Waals surface area contributed by atoms with Crippen LogP contribution in [-0.4, -0.2) is 27.5 Å². The second-order valence-electron chi connectivity index (χ2n) is 8.88. The number of carbonyl (C=O) groups excluding carboxylic acids is 1. The third kappa shape index (κ3) is 5.28. The molecule has 166 valence electrons. The molecule has 1 unspecified atom stereocenters. The van der Waals surface area contributed by atoms with Gasteiger partial charge in [-0.25, -0.2) is 14.4 Å². The molecule has 0 bridgehead atoms. The summed E-state index contributed by atoms with van der Waals surface area (Å²) in [6.45, 7) is 4.65. The molecule has 7 heteroatoms. The van der Waals surface area contributed by atoms with Crippen molar-refractivity contribution >= 4 is 5.91 Å². The van der Waals surface area contributed by atoms with Crippen LogP contribution in [0.3, 0.4) is 0 Å². The molecular weight excluding hydrogens is 407 g/mol. The van der Waals surface area contributed by atoms with Crippen molar-refractivity contribution in [3.05, 3.63) is 72.1 Å². The van der Waals surface area contributed by atoms with Crippen molar-refractivity contribution in [1.29, 1.82) is 0 Å². The molecule has 1 amide bonds. The SMILES string of the molecule is CC1(C)Cc2nc(-c3ccncc3)ncc2C(NC(=O)CCCOc2ccccc2F)C1. The first-order chi connectivity index (χ1) is 15.4. The maximum absolute atomic E-state index is 13.6. The highest BCUT2D eigenvalue weighted by Gasteiger charge is 2.34. The number of ether oxygens (including phenoxy) is 1. The van der Waals surface area contributed by atoms with Gasteiger partial charge in [-0.05, 0) is 48.9 Å². The van der Waals surface area contributed by atoms with Gasteiger partial charge in [-0.2, -0.15) is 0 Å². The number of fused-ring (bicyclic) bond motifs is 1. The van der Waals surface area contributed by atoms with Gasteiger partial charge in [0, 0.05) is 36.1 Å². The summed E-state index contributed by atoms with van der Waals surface area (Å²) < 4.78 is 19.1. The Balaban J connectivity index is 1.39. The van der Waals surface area contributed by atoms with E-state index in [-0.39, 0.29) is 29.7 Å². The van der Waals surface area contributed by atoms with E-state index in [9.17, 15) is 9.18 Å². The predicted molar refractivity (Wildman–Crippen MR) is 119 cm³/mol. The quantitative estimate of drug-likeness (QED) is 0.547. The summed E-state index contributed by atoms with van der Waals surface area (Å²) in [5.41, 5.74) is 2.86. The zero-order valence-corrected chi connectivity index (χ0v) is 18.3. The highest BCUT2D eigenvalue weighted by molar-refractivity contribution is 5.76. The minimum Gasteiger partial charge on any atom is -0.491 e. The summed E-state index contributed by atoms with van der Waals surface area (Å²) in [5, 5.41) is 3.14. The lowest BCUT2D eigenvalue weighted by molar-refractivity contribution is -0.122. The third-order valence-electron chi connectivity index (χ3n) is 5.59. The Morgan fingerprint density at radius 1 is 1.22 bits per heavy atom. The Kier molecular flexibility index (Phi) is 6.44. The first-order valence-electron chi connectivity index (χ1n) is 10.8. The van der Waals surface area contributed by atoms with Crippen LogP contribution in [0.15, 0.2) is 55.0 Å². The summed E-state index contributed by atoms with van der Waals surface area (Å²) in [6, 6.07) is 9.90. The fourth-order valence-electron chi connectivity index (χ4n) is 4.06. The lowest BCUT2D eigenvalue weighted by Crippen LogP contribution is -2.37. The maximum atomic E-state index is 13.6. The van der Waals surface area contributed by atoms with Crippen LogP contribution in [0.1, 0.15) is 50.4 Å². The number of rotatable bonds is 7. The highest BCUT2D eigenvalue weighted by atomic mass is 19.1. The van der Waals surface area contributed by atoms with Gasteiger partial charge in [0.2, 0.25) is 5.91 Å². The second kappa shape index (κ2) is 9.42. The minimum absolute atomic E-state index is 0.00274. The van der Waals surface area contributed by atoms with Crippen molar-refractivity contribution in [3.63, 3.8) is 0 Å². The largest absolute Gasteiger partial charge is 0.491 e. The Hall–Kier alpha value is -3.35. The number of hydrogen-bond acceptors (Lipinski definition) is 5. The number of nitrogens with one attached hydrogen (secondary N) is 1. The highest BCUT2D eigenvalue weighted by Crippen LogP contribution is 2.40. The Bertz CT molecular complexity index is 1090. The molecule has 1 aromatic carbocycles. The molecule has 0 fully saturated rings. The summed E-state index contributed by atoms with van der Waals surface area (Å²) in [7, 11) is 0. The molecule has 0 aliphatic heterocycles. The standard InChI is InChI=1S/C25H27FN4O2/c1-25(2)14-20(29-23(31)8-5-13-32-22-7-4-3-6-19(22)26)18-16-28-24(30-21(18)15-25)17-9-11-27-12-10-17/h3-4,6-7,9-12,16,20H,5,8,13-15H2,1-2H3,(H,29,31). The van der Waals surface area contributed by atoms with Crippen LogP contribution in [0.25, 0.3) is 11.4 Å². The van der Waals surface area contributed by atoms with Crippen LogP contribution in [0.5, 0.6) is 5.75 Å². The summed E-state index contributed by atoms with van der Waals surface area (Å²) in [4.78, 5) is 26.0. The van der Waals surface area contributed by atoms with Crippen molar-refractivity contribution in [2.75, 3.05) is 6.61 Å². The molecule has 0 radical (unpaired) electrons. The molecule has 0 spiro atoms. The van der Waals surface area contributed by atoms with Crippen LogP contribution in [-0.2, 0) is 11.2 Å². The number of benzene rings is 1. The number of pyridine rings is 1. The van der Waals surface area contributed by atoms with Crippen molar-refractivity contribution in [2.45, 2.75) is 45.6 Å².